The average molecular weight is 341 g/mol. The van der Waals surface area contributed by atoms with Gasteiger partial charge in [-0.15, -0.1) is 0 Å². The molecule has 0 unspecified atom stereocenters. The number of methoxy groups -OCH3 is 1. The van der Waals surface area contributed by atoms with Gasteiger partial charge in [0.25, 0.3) is 5.91 Å². The van der Waals surface area contributed by atoms with Crippen LogP contribution in [0.1, 0.15) is 10.5 Å². The molecule has 2 atom stereocenters. The number of fused-ring (bicyclic) bond motifs is 1. The van der Waals surface area contributed by atoms with Crippen molar-refractivity contribution in [2.75, 3.05) is 44.9 Å². The maximum Gasteiger partial charge on any atom is 0.270 e. The zero-order chi connectivity index (χ0) is 16.6. The molecule has 2 aliphatic heterocycles. The molecule has 23 heavy (non-hydrogen) atoms. The van der Waals surface area contributed by atoms with Crippen LogP contribution >= 0.6 is 0 Å². The summed E-state index contributed by atoms with van der Waals surface area (Å²) in [6, 6.07) is 3.20. The molecule has 7 nitrogen and oxygen atoms in total. The van der Waals surface area contributed by atoms with Gasteiger partial charge in [0.15, 0.2) is 9.84 Å². The third-order valence-electron chi connectivity index (χ3n) is 4.80. The van der Waals surface area contributed by atoms with Gasteiger partial charge in [-0.1, -0.05) is 0 Å². The SMILES string of the molecule is COCCN1CCN(C(=O)c2cccn2C)[C@H]2CS(=O)(=O)C[C@H]21. The predicted octanol–water partition coefficient (Wildman–Crippen LogP) is -0.405. The Morgan fingerprint density at radius 3 is 2.70 bits per heavy atom. The maximum atomic E-state index is 12.8. The quantitative estimate of drug-likeness (QED) is 0.745. The monoisotopic (exact) mass is 341 g/mol. The third kappa shape index (κ3) is 3.15. The van der Waals surface area contributed by atoms with Crippen molar-refractivity contribution in [3.8, 4) is 0 Å². The molecule has 0 spiro atoms. The molecule has 3 heterocycles. The number of piperazine rings is 1. The van der Waals surface area contributed by atoms with E-state index in [0.29, 0.717) is 31.9 Å². The van der Waals surface area contributed by atoms with E-state index in [1.165, 1.54) is 0 Å². The number of aromatic nitrogens is 1. The molecular weight excluding hydrogens is 318 g/mol. The Hall–Kier alpha value is -1.38. The molecule has 2 aliphatic rings. The molecule has 2 fully saturated rings. The Morgan fingerprint density at radius 1 is 1.30 bits per heavy atom. The molecule has 0 saturated carbocycles. The number of sulfone groups is 1. The van der Waals surface area contributed by atoms with Gasteiger partial charge in [0.05, 0.1) is 24.2 Å². The predicted molar refractivity (Wildman–Crippen MR) is 86.1 cm³/mol. The first kappa shape index (κ1) is 16.5. The van der Waals surface area contributed by atoms with Gasteiger partial charge in [0.2, 0.25) is 0 Å². The summed E-state index contributed by atoms with van der Waals surface area (Å²) >= 11 is 0. The highest BCUT2D eigenvalue weighted by Crippen LogP contribution is 2.28. The van der Waals surface area contributed by atoms with Crippen molar-refractivity contribution in [3.63, 3.8) is 0 Å². The van der Waals surface area contributed by atoms with Crippen molar-refractivity contribution in [2.24, 2.45) is 7.05 Å². The van der Waals surface area contributed by atoms with Gasteiger partial charge in [-0.25, -0.2) is 8.42 Å². The molecule has 1 aromatic heterocycles. The number of carbonyl (C=O) groups is 1. The number of aryl methyl sites for hydroxylation is 1. The number of amides is 1. The highest BCUT2D eigenvalue weighted by Gasteiger charge is 2.48. The standard InChI is InChI=1S/C15H23N3O4S/c1-16-5-3-4-12(16)15(19)18-7-6-17(8-9-22-2)13-10-23(20,21)11-14(13)18/h3-5,13-14H,6-11H2,1-2H3/t13-,14+/m1/s1. The van der Waals surface area contributed by atoms with E-state index < -0.39 is 9.84 Å². The number of carbonyl (C=O) groups excluding carboxylic acids is 1. The molecule has 1 amide bonds. The van der Waals surface area contributed by atoms with E-state index in [9.17, 15) is 13.2 Å². The van der Waals surface area contributed by atoms with Gasteiger partial charge in [0.1, 0.15) is 5.69 Å². The molecule has 0 N–H and O–H groups in total. The van der Waals surface area contributed by atoms with Crippen molar-refractivity contribution in [1.82, 2.24) is 14.4 Å². The van der Waals surface area contributed by atoms with Gasteiger partial charge in [-0.05, 0) is 12.1 Å². The molecule has 0 aliphatic carbocycles. The Morgan fingerprint density at radius 2 is 2.04 bits per heavy atom. The third-order valence-corrected chi connectivity index (χ3v) is 6.50. The van der Waals surface area contributed by atoms with Gasteiger partial charge in [0, 0.05) is 46.0 Å². The lowest BCUT2D eigenvalue weighted by molar-refractivity contribution is 0.0241. The topological polar surface area (TPSA) is 71.8 Å². The van der Waals surface area contributed by atoms with E-state index in [1.807, 2.05) is 19.3 Å². The minimum atomic E-state index is -3.12. The van der Waals surface area contributed by atoms with Gasteiger partial charge in [-0.3, -0.25) is 9.69 Å². The summed E-state index contributed by atoms with van der Waals surface area (Å²) in [5, 5.41) is 0. The summed E-state index contributed by atoms with van der Waals surface area (Å²) in [6.45, 7) is 2.48. The van der Waals surface area contributed by atoms with Crippen molar-refractivity contribution >= 4 is 15.7 Å². The van der Waals surface area contributed by atoms with Crippen LogP contribution < -0.4 is 0 Å². The molecule has 2 saturated heterocycles. The van der Waals surface area contributed by atoms with Crippen molar-refractivity contribution in [2.45, 2.75) is 12.1 Å². The van der Waals surface area contributed by atoms with Crippen LogP contribution in [0.2, 0.25) is 0 Å². The van der Waals surface area contributed by atoms with Crippen LogP contribution in [-0.4, -0.2) is 85.6 Å². The molecule has 8 heteroatoms. The normalized spacial score (nSPS) is 27.1. The minimum absolute atomic E-state index is 0.0529. The first-order valence-electron chi connectivity index (χ1n) is 7.78. The summed E-state index contributed by atoms with van der Waals surface area (Å²) < 4.78 is 31.2. The van der Waals surface area contributed by atoms with Gasteiger partial charge >= 0.3 is 0 Å². The van der Waals surface area contributed by atoms with E-state index >= 15 is 0 Å². The summed E-state index contributed by atoms with van der Waals surface area (Å²) in [5.41, 5.74) is 0.596. The van der Waals surface area contributed by atoms with Crippen LogP contribution in [0.3, 0.4) is 0 Å². The lowest BCUT2D eigenvalue weighted by Gasteiger charge is -2.43. The Bertz CT molecular complexity index is 685. The molecule has 128 valence electrons. The van der Waals surface area contributed by atoms with Gasteiger partial charge < -0.3 is 14.2 Å². The fourth-order valence-corrected chi connectivity index (χ4v) is 5.61. The molecule has 1 aromatic rings. The van der Waals surface area contributed by atoms with Crippen molar-refractivity contribution in [3.05, 3.63) is 24.0 Å². The molecular formula is C15H23N3O4S. The van der Waals surface area contributed by atoms with E-state index in [-0.39, 0.29) is 29.5 Å². The molecule has 3 rings (SSSR count). The second kappa shape index (κ2) is 6.26. The highest BCUT2D eigenvalue weighted by molar-refractivity contribution is 7.91. The average Bonchev–Trinajstić information content (AvgIpc) is 3.06. The van der Waals surface area contributed by atoms with Crippen LogP contribution in [0.25, 0.3) is 0 Å². The van der Waals surface area contributed by atoms with Crippen LogP contribution in [-0.2, 0) is 21.6 Å². The smallest absolute Gasteiger partial charge is 0.270 e. The van der Waals surface area contributed by atoms with Crippen LogP contribution in [0.5, 0.6) is 0 Å². The summed E-state index contributed by atoms with van der Waals surface area (Å²) in [7, 11) is 0.346. The van der Waals surface area contributed by atoms with E-state index in [2.05, 4.69) is 4.90 Å². The van der Waals surface area contributed by atoms with Crippen LogP contribution in [0.4, 0.5) is 0 Å². The molecule has 0 radical (unpaired) electrons. The number of rotatable bonds is 4. The fourth-order valence-electron chi connectivity index (χ4n) is 3.59. The van der Waals surface area contributed by atoms with Crippen molar-refractivity contribution < 1.29 is 17.9 Å². The number of ether oxygens (including phenoxy) is 1. The zero-order valence-electron chi connectivity index (χ0n) is 13.5. The highest BCUT2D eigenvalue weighted by atomic mass is 32.2. The Labute approximate surface area is 136 Å². The lowest BCUT2D eigenvalue weighted by atomic mass is 10.0. The number of hydrogen-bond donors (Lipinski definition) is 0. The minimum Gasteiger partial charge on any atom is -0.383 e. The largest absolute Gasteiger partial charge is 0.383 e. The van der Waals surface area contributed by atoms with E-state index in [0.717, 1.165) is 0 Å². The van der Waals surface area contributed by atoms with E-state index in [1.54, 1.807) is 22.6 Å². The van der Waals surface area contributed by atoms with Crippen LogP contribution in [0.15, 0.2) is 18.3 Å². The van der Waals surface area contributed by atoms with Gasteiger partial charge in [-0.2, -0.15) is 0 Å². The van der Waals surface area contributed by atoms with Crippen LogP contribution in [0, 0.1) is 0 Å². The second-order valence-corrected chi connectivity index (χ2v) is 8.40. The molecule has 0 bridgehead atoms. The molecule has 0 aromatic carbocycles. The Balaban J connectivity index is 1.84. The Kier molecular flexibility index (Phi) is 4.48. The number of hydrogen-bond acceptors (Lipinski definition) is 5. The fraction of sp³-hybridized carbons (Fsp3) is 0.667. The lowest BCUT2D eigenvalue weighted by Crippen LogP contribution is -2.61. The van der Waals surface area contributed by atoms with E-state index in [4.69, 9.17) is 4.74 Å². The number of nitrogens with zero attached hydrogens (tertiary/aromatic N) is 3. The zero-order valence-corrected chi connectivity index (χ0v) is 14.3. The first-order chi connectivity index (χ1) is 10.9. The second-order valence-electron chi connectivity index (χ2n) is 6.24. The summed E-state index contributed by atoms with van der Waals surface area (Å²) in [4.78, 5) is 16.7. The summed E-state index contributed by atoms with van der Waals surface area (Å²) in [6.07, 6.45) is 1.82. The van der Waals surface area contributed by atoms with Crippen molar-refractivity contribution in [1.29, 1.82) is 0 Å². The maximum absolute atomic E-state index is 12.8. The summed E-state index contributed by atoms with van der Waals surface area (Å²) in [5.74, 6) is 0.0892. The first-order valence-corrected chi connectivity index (χ1v) is 9.61.